The Hall–Kier alpha value is -7.78. The molecule has 306 valence electrons. The van der Waals surface area contributed by atoms with Gasteiger partial charge < -0.3 is 4.90 Å². The van der Waals surface area contributed by atoms with Crippen LogP contribution in [-0.4, -0.2) is 8.07 Å². The van der Waals surface area contributed by atoms with Gasteiger partial charge in [-0.2, -0.15) is 0 Å². The van der Waals surface area contributed by atoms with E-state index in [9.17, 15) is 0 Å². The normalized spacial score (nSPS) is 13.9. The average molecular weight is 844 g/mol. The minimum atomic E-state index is -2.70. The fourth-order valence-electron chi connectivity index (χ4n) is 11.9. The van der Waals surface area contributed by atoms with Crippen LogP contribution in [0.3, 0.4) is 0 Å². The van der Waals surface area contributed by atoms with Gasteiger partial charge in [0, 0.05) is 22.4 Å². The third-order valence-corrected chi connectivity index (χ3v) is 19.7. The highest BCUT2D eigenvalue weighted by atomic mass is 28.3. The van der Waals surface area contributed by atoms with Crippen molar-refractivity contribution in [2.24, 2.45) is 0 Å². The molecule has 0 bridgehead atoms. The molecule has 0 fully saturated rings. The maximum Gasteiger partial charge on any atom is 0.182 e. The molecule has 10 aromatic rings. The summed E-state index contributed by atoms with van der Waals surface area (Å²) >= 11 is 0. The Morgan fingerprint density at radius 1 is 0.308 bits per heavy atom. The molecule has 0 unspecified atom stereocenters. The third-order valence-electron chi connectivity index (χ3n) is 14.7. The fourth-order valence-corrected chi connectivity index (χ4v) is 17.6. The number of fused-ring (bicyclic) bond motifs is 13. The molecule has 1 aliphatic carbocycles. The molecule has 13 rings (SSSR count). The summed E-state index contributed by atoms with van der Waals surface area (Å²) in [7, 11) is -2.70. The summed E-state index contributed by atoms with van der Waals surface area (Å²) in [4.78, 5) is 2.54. The number of anilines is 3. The van der Waals surface area contributed by atoms with Gasteiger partial charge in [-0.3, -0.25) is 0 Å². The Bertz CT molecular complexity index is 3480. The number of hydrogen-bond donors (Lipinski definition) is 0. The van der Waals surface area contributed by atoms with Crippen LogP contribution >= 0.6 is 0 Å². The first kappa shape index (κ1) is 37.7. The Kier molecular flexibility index (Phi) is 8.34. The van der Waals surface area contributed by atoms with Crippen molar-refractivity contribution in [3.8, 4) is 66.8 Å². The minimum absolute atomic E-state index is 0.162. The molecule has 0 aromatic heterocycles. The monoisotopic (exact) mass is 843 g/mol. The van der Waals surface area contributed by atoms with E-state index in [0.717, 1.165) is 17.1 Å². The molecule has 10 aromatic carbocycles. The molecule has 2 heterocycles. The van der Waals surface area contributed by atoms with Gasteiger partial charge in [0.1, 0.15) is 0 Å². The van der Waals surface area contributed by atoms with E-state index in [2.05, 4.69) is 255 Å². The predicted molar refractivity (Wildman–Crippen MR) is 277 cm³/mol. The van der Waals surface area contributed by atoms with Crippen LogP contribution < -0.4 is 25.6 Å². The Morgan fingerprint density at radius 2 is 0.800 bits per heavy atom. The lowest BCUT2D eigenvalue weighted by Gasteiger charge is -2.32. The maximum absolute atomic E-state index is 2.70. The van der Waals surface area contributed by atoms with Crippen LogP contribution in [0.25, 0.3) is 66.8 Å². The predicted octanol–water partition coefficient (Wildman–Crippen LogP) is 13.8. The summed E-state index contributed by atoms with van der Waals surface area (Å²) in [5.74, 6) is 0. The summed E-state index contributed by atoms with van der Waals surface area (Å²) in [6.45, 7) is 4.76. The van der Waals surface area contributed by atoms with E-state index in [1.54, 1.807) is 0 Å². The largest absolute Gasteiger partial charge is 0.310 e. The molecule has 1 nitrogen and oxygen atoms in total. The van der Waals surface area contributed by atoms with E-state index in [-0.39, 0.29) is 5.41 Å². The molecule has 65 heavy (non-hydrogen) atoms. The minimum Gasteiger partial charge on any atom is -0.310 e. The topological polar surface area (TPSA) is 3.24 Å². The number of hydrogen-bond acceptors (Lipinski definition) is 1. The van der Waals surface area contributed by atoms with Crippen molar-refractivity contribution in [2.45, 2.75) is 19.3 Å². The highest BCUT2D eigenvalue weighted by Crippen LogP contribution is 2.53. The lowest BCUT2D eigenvalue weighted by Crippen LogP contribution is -2.70. The molecule has 0 radical (unpaired) electrons. The summed E-state index contributed by atoms with van der Waals surface area (Å²) in [6, 6.07) is 89.1. The lowest BCUT2D eigenvalue weighted by atomic mass is 9.82. The second-order valence-corrected chi connectivity index (χ2v) is 22.0. The van der Waals surface area contributed by atoms with Gasteiger partial charge in [0.25, 0.3) is 0 Å². The summed E-state index contributed by atoms with van der Waals surface area (Å²) in [5, 5.41) is 5.92. The SMILES string of the molecule is CC1(C)c2ccccc2-c2ccc(N(c3cccc(-c4ccccc4)c3)c3cccc(-c4ccccc4)c3-c3cccc4c3-c3ccccc3[Si]43c4ccccc4-c4ccccc43)cc21. The first-order valence-electron chi connectivity index (χ1n) is 22.8. The summed E-state index contributed by atoms with van der Waals surface area (Å²) in [6.07, 6.45) is 0. The van der Waals surface area contributed by atoms with Crippen LogP contribution in [0.4, 0.5) is 17.1 Å². The summed E-state index contributed by atoms with van der Waals surface area (Å²) in [5.41, 5.74) is 21.3. The number of benzene rings is 10. The average Bonchev–Trinajstić information content (AvgIpc) is 3.93. The Labute approximate surface area is 382 Å². The maximum atomic E-state index is 2.54. The zero-order valence-corrected chi connectivity index (χ0v) is 37.5. The summed E-state index contributed by atoms with van der Waals surface area (Å²) < 4.78 is 0. The van der Waals surface area contributed by atoms with Gasteiger partial charge >= 0.3 is 0 Å². The number of nitrogens with zero attached hydrogens (tertiary/aromatic N) is 1. The molecule has 1 spiro atoms. The van der Waals surface area contributed by atoms with Crippen molar-refractivity contribution in [2.75, 3.05) is 4.90 Å². The molecule has 2 aliphatic heterocycles. The van der Waals surface area contributed by atoms with Crippen molar-refractivity contribution in [3.63, 3.8) is 0 Å². The molecular formula is C63H45NSi. The Morgan fingerprint density at radius 3 is 1.52 bits per heavy atom. The quantitative estimate of drug-likeness (QED) is 0.151. The second-order valence-electron chi connectivity index (χ2n) is 18.3. The van der Waals surface area contributed by atoms with Crippen molar-refractivity contribution >= 4 is 45.9 Å². The van der Waals surface area contributed by atoms with Crippen LogP contribution in [0.1, 0.15) is 25.0 Å². The van der Waals surface area contributed by atoms with E-state index < -0.39 is 8.07 Å². The molecule has 3 aliphatic rings. The zero-order valence-electron chi connectivity index (χ0n) is 36.5. The van der Waals surface area contributed by atoms with Gasteiger partial charge in [0.05, 0.1) is 5.69 Å². The van der Waals surface area contributed by atoms with Crippen LogP contribution in [-0.2, 0) is 5.41 Å². The zero-order chi connectivity index (χ0) is 43.3. The second kappa shape index (κ2) is 14.4. The molecular weight excluding hydrogens is 799 g/mol. The first-order valence-corrected chi connectivity index (χ1v) is 24.8. The van der Waals surface area contributed by atoms with Crippen molar-refractivity contribution in [1.29, 1.82) is 0 Å². The van der Waals surface area contributed by atoms with E-state index in [4.69, 9.17) is 0 Å². The number of rotatable bonds is 6. The molecule has 0 amide bonds. The molecule has 0 atom stereocenters. The van der Waals surface area contributed by atoms with E-state index in [1.165, 1.54) is 98.6 Å². The third kappa shape index (κ3) is 5.38. The van der Waals surface area contributed by atoms with Crippen LogP contribution in [0.15, 0.2) is 237 Å². The van der Waals surface area contributed by atoms with Crippen molar-refractivity contribution in [1.82, 2.24) is 0 Å². The van der Waals surface area contributed by atoms with Gasteiger partial charge in [-0.1, -0.05) is 220 Å². The highest BCUT2D eigenvalue weighted by molar-refractivity contribution is 7.24. The van der Waals surface area contributed by atoms with Crippen LogP contribution in [0.5, 0.6) is 0 Å². The molecule has 2 heteroatoms. The molecule has 0 saturated carbocycles. The Balaban J connectivity index is 1.13. The lowest BCUT2D eigenvalue weighted by molar-refractivity contribution is 0.660. The van der Waals surface area contributed by atoms with Gasteiger partial charge in [0.2, 0.25) is 0 Å². The van der Waals surface area contributed by atoms with E-state index >= 15 is 0 Å². The van der Waals surface area contributed by atoms with Gasteiger partial charge in [-0.05, 0) is 123 Å². The van der Waals surface area contributed by atoms with Crippen LogP contribution in [0.2, 0.25) is 0 Å². The first-order chi connectivity index (χ1) is 32.0. The van der Waals surface area contributed by atoms with Crippen molar-refractivity contribution < 1.29 is 0 Å². The van der Waals surface area contributed by atoms with Gasteiger partial charge in [-0.15, -0.1) is 0 Å². The van der Waals surface area contributed by atoms with Gasteiger partial charge in [-0.25, -0.2) is 0 Å². The highest BCUT2D eigenvalue weighted by Gasteiger charge is 2.54. The van der Waals surface area contributed by atoms with Crippen LogP contribution in [0, 0.1) is 0 Å². The van der Waals surface area contributed by atoms with E-state index in [0.29, 0.717) is 0 Å². The molecule has 0 saturated heterocycles. The smallest absolute Gasteiger partial charge is 0.182 e. The van der Waals surface area contributed by atoms with E-state index in [1.807, 2.05) is 0 Å². The standard InChI is InChI=1S/C63H45NSi/c1-63(2)54-32-13-9-26-48(54)49-39-38-46(41-55(49)63)64(45-25-17-24-44(40-45)42-20-5-3-6-21-42)56-33-18-30-47(43-22-7-4-8-23-43)61(56)53-31-19-37-60-62(53)52-29-12-16-36-59(52)65(60)57-34-14-10-27-50(57)51-28-11-15-35-58(51)65/h3-41H,1-2H3. The molecule has 0 N–H and O–H groups in total. The van der Waals surface area contributed by atoms with Crippen molar-refractivity contribution in [3.05, 3.63) is 248 Å². The van der Waals surface area contributed by atoms with Gasteiger partial charge in [0.15, 0.2) is 8.07 Å². The fraction of sp³-hybridized carbons (Fsp3) is 0.0476.